The van der Waals surface area contributed by atoms with E-state index in [1.807, 2.05) is 19.1 Å². The van der Waals surface area contributed by atoms with E-state index < -0.39 is 5.92 Å². The van der Waals surface area contributed by atoms with Crippen molar-refractivity contribution in [3.05, 3.63) is 29.6 Å². The average Bonchev–Trinajstić information content (AvgIpc) is 2.87. The van der Waals surface area contributed by atoms with Gasteiger partial charge in [-0.15, -0.1) is 0 Å². The van der Waals surface area contributed by atoms with Crippen molar-refractivity contribution < 1.29 is 14.3 Å². The van der Waals surface area contributed by atoms with Crippen molar-refractivity contribution >= 4 is 23.5 Å². The second-order valence-corrected chi connectivity index (χ2v) is 5.81. The lowest BCUT2D eigenvalue weighted by atomic mass is 10.0. The van der Waals surface area contributed by atoms with Gasteiger partial charge in [-0.1, -0.05) is 6.07 Å². The minimum atomic E-state index is -0.491. The molecule has 0 spiro atoms. The van der Waals surface area contributed by atoms with E-state index in [9.17, 15) is 9.59 Å². The summed E-state index contributed by atoms with van der Waals surface area (Å²) in [4.78, 5) is 28.6. The summed E-state index contributed by atoms with van der Waals surface area (Å²) in [5, 5.41) is 9.69. The normalized spacial score (nSPS) is 16.3. The maximum atomic E-state index is 12.3. The molecule has 0 saturated heterocycles. The molecule has 8 nitrogen and oxygen atoms in total. The van der Waals surface area contributed by atoms with E-state index in [1.165, 1.54) is 0 Å². The summed E-state index contributed by atoms with van der Waals surface area (Å²) in [6, 6.07) is 5.52. The SMILES string of the molecule is COc1ccc(C)cc1NC(=O)C[C@@H]1Cn2nc(C)nc2NC1=O. The van der Waals surface area contributed by atoms with Crippen LogP contribution in [0.1, 0.15) is 17.8 Å². The van der Waals surface area contributed by atoms with Crippen molar-refractivity contribution in [1.29, 1.82) is 0 Å². The average molecular weight is 329 g/mol. The molecule has 0 bridgehead atoms. The van der Waals surface area contributed by atoms with Gasteiger partial charge in [-0.25, -0.2) is 4.68 Å². The number of hydrogen-bond acceptors (Lipinski definition) is 5. The minimum absolute atomic E-state index is 0.0568. The molecule has 24 heavy (non-hydrogen) atoms. The third kappa shape index (κ3) is 3.22. The zero-order valence-corrected chi connectivity index (χ0v) is 13.8. The van der Waals surface area contributed by atoms with Gasteiger partial charge < -0.3 is 10.1 Å². The van der Waals surface area contributed by atoms with E-state index >= 15 is 0 Å². The Morgan fingerprint density at radius 2 is 2.25 bits per heavy atom. The Kier molecular flexibility index (Phi) is 4.20. The van der Waals surface area contributed by atoms with Crippen molar-refractivity contribution in [3.63, 3.8) is 0 Å². The third-order valence-electron chi connectivity index (χ3n) is 3.84. The molecule has 2 heterocycles. The van der Waals surface area contributed by atoms with Crippen LogP contribution in [0.2, 0.25) is 0 Å². The molecule has 3 rings (SSSR count). The lowest BCUT2D eigenvalue weighted by Crippen LogP contribution is -2.36. The number of amides is 2. The van der Waals surface area contributed by atoms with Gasteiger partial charge in [-0.2, -0.15) is 10.1 Å². The first-order valence-electron chi connectivity index (χ1n) is 7.63. The molecule has 126 valence electrons. The molecule has 2 aromatic rings. The first-order chi connectivity index (χ1) is 11.5. The van der Waals surface area contributed by atoms with Crippen molar-refractivity contribution in [1.82, 2.24) is 14.8 Å². The van der Waals surface area contributed by atoms with Crippen molar-refractivity contribution in [2.24, 2.45) is 5.92 Å². The molecule has 1 aromatic heterocycles. The van der Waals surface area contributed by atoms with Crippen LogP contribution in [0, 0.1) is 19.8 Å². The van der Waals surface area contributed by atoms with Gasteiger partial charge in [0, 0.05) is 6.42 Å². The predicted molar refractivity (Wildman–Crippen MR) is 87.9 cm³/mol. The number of rotatable bonds is 4. The van der Waals surface area contributed by atoms with E-state index in [4.69, 9.17) is 4.74 Å². The number of nitrogens with zero attached hydrogens (tertiary/aromatic N) is 3. The fourth-order valence-electron chi connectivity index (χ4n) is 2.68. The van der Waals surface area contributed by atoms with E-state index in [0.29, 0.717) is 29.8 Å². The molecule has 0 radical (unpaired) electrons. The number of anilines is 2. The molecule has 8 heteroatoms. The first-order valence-corrected chi connectivity index (χ1v) is 7.63. The lowest BCUT2D eigenvalue weighted by molar-refractivity contribution is -0.126. The number of ether oxygens (including phenoxy) is 1. The van der Waals surface area contributed by atoms with Crippen LogP contribution in [-0.4, -0.2) is 33.7 Å². The van der Waals surface area contributed by atoms with Crippen LogP contribution in [-0.2, 0) is 16.1 Å². The summed E-state index contributed by atoms with van der Waals surface area (Å²) < 4.78 is 6.86. The highest BCUT2D eigenvalue weighted by atomic mass is 16.5. The fourth-order valence-corrected chi connectivity index (χ4v) is 2.68. The number of methoxy groups -OCH3 is 1. The summed E-state index contributed by atoms with van der Waals surface area (Å²) in [7, 11) is 1.55. The molecule has 0 saturated carbocycles. The van der Waals surface area contributed by atoms with Crippen molar-refractivity contribution in [3.8, 4) is 5.75 Å². The standard InChI is InChI=1S/C16H19N5O3/c1-9-4-5-13(24-3)12(6-9)18-14(22)7-11-8-21-16(19-15(11)23)17-10(2)20-21/h4-6,11H,7-8H2,1-3H3,(H,18,22)(H,17,19,20,23)/t11-/m1/s1. The van der Waals surface area contributed by atoms with Crippen LogP contribution >= 0.6 is 0 Å². The predicted octanol–water partition coefficient (Wildman–Crippen LogP) is 1.50. The summed E-state index contributed by atoms with van der Waals surface area (Å²) in [5.74, 6) is 0.626. The molecule has 2 N–H and O–H groups in total. The molecule has 0 fully saturated rings. The van der Waals surface area contributed by atoms with Crippen LogP contribution in [0.5, 0.6) is 5.75 Å². The molecule has 1 atom stereocenters. The van der Waals surface area contributed by atoms with Crippen LogP contribution in [0.3, 0.4) is 0 Å². The van der Waals surface area contributed by atoms with Crippen molar-refractivity contribution in [2.75, 3.05) is 17.7 Å². The first kappa shape index (κ1) is 16.0. The van der Waals surface area contributed by atoms with Gasteiger partial charge in [0.05, 0.1) is 25.3 Å². The molecule has 1 aliphatic rings. The number of aryl methyl sites for hydroxylation is 2. The number of aromatic nitrogens is 3. The van der Waals surface area contributed by atoms with Gasteiger partial charge in [-0.3, -0.25) is 14.9 Å². The van der Waals surface area contributed by atoms with Gasteiger partial charge in [0.25, 0.3) is 0 Å². The van der Waals surface area contributed by atoms with Gasteiger partial charge in [0.1, 0.15) is 11.6 Å². The van der Waals surface area contributed by atoms with Gasteiger partial charge in [0.2, 0.25) is 17.8 Å². The Bertz CT molecular complexity index is 799. The highest BCUT2D eigenvalue weighted by Crippen LogP contribution is 2.26. The summed E-state index contributed by atoms with van der Waals surface area (Å²) in [6.45, 7) is 4.02. The molecule has 2 amide bonds. The van der Waals surface area contributed by atoms with Crippen LogP contribution in [0.25, 0.3) is 0 Å². The maximum Gasteiger partial charge on any atom is 0.232 e. The van der Waals surface area contributed by atoms with Crippen LogP contribution in [0.15, 0.2) is 18.2 Å². The summed E-state index contributed by atoms with van der Waals surface area (Å²) in [5.41, 5.74) is 1.60. The number of benzene rings is 1. The third-order valence-corrected chi connectivity index (χ3v) is 3.84. The molecule has 1 aliphatic heterocycles. The second-order valence-electron chi connectivity index (χ2n) is 5.81. The number of nitrogens with one attached hydrogen (secondary N) is 2. The number of carbonyl (C=O) groups is 2. The Morgan fingerprint density at radius 1 is 1.46 bits per heavy atom. The molecule has 1 aromatic carbocycles. The zero-order valence-electron chi connectivity index (χ0n) is 13.8. The van der Waals surface area contributed by atoms with E-state index in [0.717, 1.165) is 5.56 Å². The minimum Gasteiger partial charge on any atom is -0.495 e. The van der Waals surface area contributed by atoms with Gasteiger partial charge in [-0.05, 0) is 31.5 Å². The monoisotopic (exact) mass is 329 g/mol. The number of hydrogen-bond donors (Lipinski definition) is 2. The van der Waals surface area contributed by atoms with E-state index in [-0.39, 0.29) is 18.2 Å². The Balaban J connectivity index is 1.69. The Labute approximate surface area is 139 Å². The lowest BCUT2D eigenvalue weighted by Gasteiger charge is -2.22. The highest BCUT2D eigenvalue weighted by molar-refractivity contribution is 5.98. The Hall–Kier alpha value is -2.90. The molecular weight excluding hydrogens is 310 g/mol. The fraction of sp³-hybridized carbons (Fsp3) is 0.375. The molecule has 0 unspecified atom stereocenters. The van der Waals surface area contributed by atoms with E-state index in [1.54, 1.807) is 24.8 Å². The molecule has 0 aliphatic carbocycles. The zero-order chi connectivity index (χ0) is 17.3. The van der Waals surface area contributed by atoms with E-state index in [2.05, 4.69) is 20.7 Å². The summed E-state index contributed by atoms with van der Waals surface area (Å²) in [6.07, 6.45) is 0.0568. The van der Waals surface area contributed by atoms with Gasteiger partial charge >= 0.3 is 0 Å². The van der Waals surface area contributed by atoms with Crippen LogP contribution < -0.4 is 15.4 Å². The second kappa shape index (κ2) is 6.31. The largest absolute Gasteiger partial charge is 0.495 e. The quantitative estimate of drug-likeness (QED) is 0.886. The topological polar surface area (TPSA) is 98.1 Å². The number of fused-ring (bicyclic) bond motifs is 1. The Morgan fingerprint density at radius 3 is 3.00 bits per heavy atom. The smallest absolute Gasteiger partial charge is 0.232 e. The van der Waals surface area contributed by atoms with Crippen molar-refractivity contribution in [2.45, 2.75) is 26.8 Å². The maximum absolute atomic E-state index is 12.3. The van der Waals surface area contributed by atoms with Gasteiger partial charge in [0.15, 0.2) is 0 Å². The highest BCUT2D eigenvalue weighted by Gasteiger charge is 2.30. The summed E-state index contributed by atoms with van der Waals surface area (Å²) >= 11 is 0. The van der Waals surface area contributed by atoms with Crippen LogP contribution in [0.4, 0.5) is 11.6 Å². The number of carbonyl (C=O) groups excluding carboxylic acids is 2. The molecular formula is C16H19N5O3.